The van der Waals surface area contributed by atoms with E-state index in [2.05, 4.69) is 10.4 Å². The zero-order valence-electron chi connectivity index (χ0n) is 18.9. The summed E-state index contributed by atoms with van der Waals surface area (Å²) in [6.45, 7) is 3.47. The Morgan fingerprint density at radius 2 is 1.94 bits per heavy atom. The van der Waals surface area contributed by atoms with E-state index in [9.17, 15) is 28.7 Å². The van der Waals surface area contributed by atoms with Gasteiger partial charge in [0.1, 0.15) is 0 Å². The second-order valence-electron chi connectivity index (χ2n) is 8.01. The summed E-state index contributed by atoms with van der Waals surface area (Å²) in [5.74, 6) is -3.01. The molecule has 0 saturated heterocycles. The molecule has 1 aromatic heterocycles. The first kappa shape index (κ1) is 26.4. The molecule has 12 heteroatoms. The molecule has 0 saturated carbocycles. The van der Waals surface area contributed by atoms with Crippen molar-refractivity contribution in [3.05, 3.63) is 64.1 Å². The quantitative estimate of drug-likeness (QED) is 0.323. The zero-order valence-corrected chi connectivity index (χ0v) is 21.6. The number of primary amides is 1. The fraction of sp³-hybridized carbons (Fsp3) is 0.261. The van der Waals surface area contributed by atoms with Gasteiger partial charge in [0, 0.05) is 0 Å². The second-order valence-corrected chi connectivity index (χ2v) is 14.3. The van der Waals surface area contributed by atoms with Crippen LogP contribution < -0.4 is 11.1 Å². The number of nitrogens with two attached hydrogens (primary N) is 1. The number of halogens is 2. The van der Waals surface area contributed by atoms with Crippen molar-refractivity contribution in [2.24, 2.45) is 5.73 Å². The van der Waals surface area contributed by atoms with Crippen LogP contribution in [0.25, 0.3) is 10.9 Å². The average molecular weight is 565 g/mol. The fourth-order valence-corrected chi connectivity index (χ4v) is 7.57. The Morgan fingerprint density at radius 1 is 1.23 bits per heavy atom. The number of carboxylic acids is 1. The Bertz CT molecular complexity index is 1330. The molecule has 3 aromatic rings. The van der Waals surface area contributed by atoms with E-state index in [4.69, 9.17) is 17.3 Å². The van der Waals surface area contributed by atoms with Crippen molar-refractivity contribution in [3.8, 4) is 0 Å². The monoisotopic (exact) mass is 564 g/mol. The van der Waals surface area contributed by atoms with Gasteiger partial charge in [-0.1, -0.05) is 0 Å². The summed E-state index contributed by atoms with van der Waals surface area (Å²) in [5, 5.41) is 16.2. The van der Waals surface area contributed by atoms with Crippen molar-refractivity contribution >= 4 is 59.5 Å². The topological polar surface area (TPSA) is 144 Å². The van der Waals surface area contributed by atoms with E-state index in [1.807, 2.05) is 13.8 Å². The Balaban J connectivity index is 1.77. The molecule has 35 heavy (non-hydrogen) atoms. The molecule has 2 amide bonds. The molecule has 0 fully saturated rings. The first-order valence-electron chi connectivity index (χ1n) is 10.5. The third-order valence-electron chi connectivity index (χ3n) is 5.28. The van der Waals surface area contributed by atoms with Gasteiger partial charge in [0.05, 0.1) is 0 Å². The summed E-state index contributed by atoms with van der Waals surface area (Å²) >= 11 is 3.35. The molecule has 0 spiro atoms. The number of amides is 2. The van der Waals surface area contributed by atoms with E-state index in [0.717, 1.165) is 0 Å². The number of nitrogens with one attached hydrogen (secondary N) is 1. The van der Waals surface area contributed by atoms with Crippen LogP contribution in [-0.2, 0) is 22.7 Å². The molecule has 0 aliphatic carbocycles. The molecule has 184 valence electrons. The van der Waals surface area contributed by atoms with Gasteiger partial charge in [-0.05, 0) is 0 Å². The van der Waals surface area contributed by atoms with Gasteiger partial charge in [-0.15, -0.1) is 0 Å². The molecule has 1 heterocycles. The van der Waals surface area contributed by atoms with Crippen molar-refractivity contribution in [2.75, 3.05) is 0 Å². The van der Waals surface area contributed by atoms with Crippen LogP contribution in [-0.4, -0.2) is 51.9 Å². The summed E-state index contributed by atoms with van der Waals surface area (Å²) in [5.41, 5.74) is 5.84. The Kier molecular flexibility index (Phi) is 8.30. The van der Waals surface area contributed by atoms with E-state index >= 15 is 0 Å². The van der Waals surface area contributed by atoms with Crippen LogP contribution in [0.5, 0.6) is 0 Å². The summed E-state index contributed by atoms with van der Waals surface area (Å²) in [7, 11) is 0. The summed E-state index contributed by atoms with van der Waals surface area (Å²) in [6, 6.07) is 8.60. The number of aromatic nitrogens is 2. The van der Waals surface area contributed by atoms with E-state index in [1.54, 1.807) is 6.07 Å². The van der Waals surface area contributed by atoms with Crippen LogP contribution in [0.3, 0.4) is 0 Å². The predicted molar refractivity (Wildman–Crippen MR) is 129 cm³/mol. The van der Waals surface area contributed by atoms with Crippen molar-refractivity contribution in [1.29, 1.82) is 0 Å². The van der Waals surface area contributed by atoms with Gasteiger partial charge < -0.3 is 0 Å². The number of carboxylic acid groups (broad SMARTS) is 1. The molecular formula is C23H23AsClFN4O5. The van der Waals surface area contributed by atoms with Gasteiger partial charge in [-0.2, -0.15) is 0 Å². The Morgan fingerprint density at radius 3 is 2.57 bits per heavy atom. The molecule has 2 aromatic carbocycles. The van der Waals surface area contributed by atoms with Crippen LogP contribution in [0.15, 0.2) is 36.4 Å². The molecule has 1 unspecified atom stereocenters. The summed E-state index contributed by atoms with van der Waals surface area (Å²) in [4.78, 5) is 48.9. The third kappa shape index (κ3) is 6.07. The van der Waals surface area contributed by atoms with Crippen molar-refractivity contribution in [1.82, 2.24) is 15.1 Å². The predicted octanol–water partition coefficient (Wildman–Crippen LogP) is 2.96. The van der Waals surface area contributed by atoms with Gasteiger partial charge in [-0.3, -0.25) is 0 Å². The number of carbonyl (C=O) groups excluding carboxylic acids is 3. The molecule has 1 atom stereocenters. The number of nitrogens with zero attached hydrogens (tertiary/aromatic N) is 2. The van der Waals surface area contributed by atoms with E-state index < -0.39 is 32.3 Å². The molecular weight excluding hydrogens is 542 g/mol. The van der Waals surface area contributed by atoms with Gasteiger partial charge >= 0.3 is 210 Å². The number of benzene rings is 2. The van der Waals surface area contributed by atoms with Gasteiger partial charge in [0.15, 0.2) is 0 Å². The van der Waals surface area contributed by atoms with Crippen molar-refractivity contribution in [2.45, 2.75) is 36.9 Å². The SMILES string of the molecule is CC(C)[As](CC(=O)NCc1cccc(Cl)c1F)C(=O)Cn1nc(C(N)=O)c2cc(C(=O)O)ccc21. The number of rotatable bonds is 10. The molecule has 3 rings (SSSR count). The first-order chi connectivity index (χ1) is 16.5. The van der Waals surface area contributed by atoms with Crippen molar-refractivity contribution < 1.29 is 28.7 Å². The number of carbonyl (C=O) groups is 4. The molecule has 0 radical (unpaired) electrons. The normalized spacial score (nSPS) is 12.0. The van der Waals surface area contributed by atoms with Crippen LogP contribution >= 0.6 is 11.6 Å². The van der Waals surface area contributed by atoms with Gasteiger partial charge in [0.25, 0.3) is 0 Å². The average Bonchev–Trinajstić information content (AvgIpc) is 3.16. The van der Waals surface area contributed by atoms with E-state index in [0.29, 0.717) is 5.52 Å². The number of aromatic carboxylic acids is 1. The van der Waals surface area contributed by atoms with E-state index in [1.165, 1.54) is 35.0 Å². The van der Waals surface area contributed by atoms with Crippen LogP contribution in [0.2, 0.25) is 14.9 Å². The van der Waals surface area contributed by atoms with E-state index in [-0.39, 0.29) is 60.7 Å². The van der Waals surface area contributed by atoms with Crippen molar-refractivity contribution in [3.63, 3.8) is 0 Å². The number of hydrogen-bond donors (Lipinski definition) is 3. The Labute approximate surface area is 209 Å². The molecule has 0 aliphatic heterocycles. The third-order valence-corrected chi connectivity index (χ3v) is 11.1. The van der Waals surface area contributed by atoms with Crippen LogP contribution in [0, 0.1) is 5.82 Å². The summed E-state index contributed by atoms with van der Waals surface area (Å²) in [6.07, 6.45) is 0. The second kappa shape index (κ2) is 11.0. The zero-order chi connectivity index (χ0) is 25.9. The minimum atomic E-state index is -2.42. The summed E-state index contributed by atoms with van der Waals surface area (Å²) < 4.78 is 15.2. The molecule has 9 nitrogen and oxygen atoms in total. The maximum absolute atomic E-state index is 14.1. The van der Waals surface area contributed by atoms with Crippen LogP contribution in [0.1, 0.15) is 40.3 Å². The number of hydrogen-bond acceptors (Lipinski definition) is 5. The molecule has 4 N–H and O–H groups in total. The molecule has 0 bridgehead atoms. The first-order valence-corrected chi connectivity index (χ1v) is 14.2. The van der Waals surface area contributed by atoms with Crippen LogP contribution in [0.4, 0.5) is 4.39 Å². The Hall–Kier alpha value is -3.23. The standard InChI is InChI=1S/C23H23AsClFN4O5/c1-12(2)24(9-19(32)28-10-14-4-3-5-16(25)20(14)26)18(31)11-30-17-7-6-13(23(34)35)8-15(17)21(29-30)22(27)33/h3-8,12H,9-11H2,1-2H3,(H2,27,33)(H,28,32)(H,34,35). The molecule has 0 aliphatic rings. The minimum absolute atomic E-state index is 0.0106. The van der Waals surface area contributed by atoms with Gasteiger partial charge in [0.2, 0.25) is 0 Å². The maximum atomic E-state index is 14.1. The fourth-order valence-electron chi connectivity index (χ4n) is 3.48. The van der Waals surface area contributed by atoms with Gasteiger partial charge in [-0.25, -0.2) is 0 Å². The number of fused-ring (bicyclic) bond motifs is 1.